The molecular weight excluding hydrogens is 255 g/mol. The van der Waals surface area contributed by atoms with Gasteiger partial charge in [0.25, 0.3) is 5.91 Å². The molecule has 3 nitrogen and oxygen atoms in total. The third kappa shape index (κ3) is 2.84. The molecule has 0 aliphatic heterocycles. The highest BCUT2D eigenvalue weighted by Crippen LogP contribution is 2.16. The number of anilines is 1. The number of pyridine rings is 1. The van der Waals surface area contributed by atoms with E-state index in [1.807, 2.05) is 0 Å². The van der Waals surface area contributed by atoms with Crippen molar-refractivity contribution in [3.8, 4) is 0 Å². The molecule has 1 aromatic carbocycles. The predicted octanol–water partition coefficient (Wildman–Crippen LogP) is 3.43. The SMILES string of the molecule is Cc1nc(Cl)ccc1NC(=O)c1cccc(F)c1. The van der Waals surface area contributed by atoms with E-state index in [4.69, 9.17) is 11.6 Å². The molecule has 18 heavy (non-hydrogen) atoms. The normalized spacial score (nSPS) is 10.2. The van der Waals surface area contributed by atoms with Gasteiger partial charge in [0, 0.05) is 5.56 Å². The minimum atomic E-state index is -0.450. The molecule has 0 aliphatic carbocycles. The summed E-state index contributed by atoms with van der Waals surface area (Å²) in [5, 5.41) is 3.01. The van der Waals surface area contributed by atoms with Gasteiger partial charge in [0.2, 0.25) is 0 Å². The molecule has 0 saturated carbocycles. The number of nitrogens with one attached hydrogen (secondary N) is 1. The molecule has 0 spiro atoms. The number of carbonyl (C=O) groups is 1. The number of amides is 1. The fraction of sp³-hybridized carbons (Fsp3) is 0.0769. The smallest absolute Gasteiger partial charge is 0.255 e. The molecule has 0 radical (unpaired) electrons. The topological polar surface area (TPSA) is 42.0 Å². The van der Waals surface area contributed by atoms with Gasteiger partial charge in [-0.2, -0.15) is 0 Å². The van der Waals surface area contributed by atoms with Crippen LogP contribution >= 0.6 is 11.6 Å². The Morgan fingerprint density at radius 1 is 1.33 bits per heavy atom. The lowest BCUT2D eigenvalue weighted by Gasteiger charge is -2.07. The van der Waals surface area contributed by atoms with Crippen LogP contribution in [0.1, 0.15) is 16.1 Å². The van der Waals surface area contributed by atoms with Gasteiger partial charge in [-0.1, -0.05) is 17.7 Å². The van der Waals surface area contributed by atoms with Crippen molar-refractivity contribution in [1.29, 1.82) is 0 Å². The van der Waals surface area contributed by atoms with E-state index in [1.54, 1.807) is 19.1 Å². The molecule has 0 saturated heterocycles. The Bertz CT molecular complexity index is 601. The van der Waals surface area contributed by atoms with E-state index < -0.39 is 5.82 Å². The molecule has 0 unspecified atom stereocenters. The second-order valence-electron chi connectivity index (χ2n) is 3.73. The summed E-state index contributed by atoms with van der Waals surface area (Å²) in [5.41, 5.74) is 1.41. The minimum Gasteiger partial charge on any atom is -0.320 e. The van der Waals surface area contributed by atoms with Gasteiger partial charge in [-0.15, -0.1) is 0 Å². The summed E-state index contributed by atoms with van der Waals surface area (Å²) in [5.74, 6) is -0.838. The van der Waals surface area contributed by atoms with Crippen molar-refractivity contribution in [2.45, 2.75) is 6.92 Å². The lowest BCUT2D eigenvalue weighted by molar-refractivity contribution is 0.102. The van der Waals surface area contributed by atoms with Crippen LogP contribution in [0, 0.1) is 12.7 Å². The van der Waals surface area contributed by atoms with Crippen molar-refractivity contribution < 1.29 is 9.18 Å². The minimum absolute atomic E-state index is 0.254. The number of nitrogens with zero attached hydrogens (tertiary/aromatic N) is 1. The summed E-state index contributed by atoms with van der Waals surface area (Å²) in [6.45, 7) is 1.73. The standard InChI is InChI=1S/C13H10ClFN2O/c1-8-11(5-6-12(14)16-8)17-13(18)9-3-2-4-10(15)7-9/h2-7H,1H3,(H,17,18). The summed E-state index contributed by atoms with van der Waals surface area (Å²) in [6, 6.07) is 8.71. The highest BCUT2D eigenvalue weighted by atomic mass is 35.5. The van der Waals surface area contributed by atoms with Gasteiger partial charge >= 0.3 is 0 Å². The zero-order valence-electron chi connectivity index (χ0n) is 9.58. The van der Waals surface area contributed by atoms with E-state index in [0.29, 0.717) is 16.5 Å². The number of aromatic nitrogens is 1. The first kappa shape index (κ1) is 12.5. The molecule has 2 aromatic rings. The second-order valence-corrected chi connectivity index (χ2v) is 4.12. The van der Waals surface area contributed by atoms with Crippen LogP contribution in [0.5, 0.6) is 0 Å². The van der Waals surface area contributed by atoms with Gasteiger partial charge in [-0.25, -0.2) is 9.37 Å². The molecule has 92 valence electrons. The number of carbonyl (C=O) groups excluding carboxylic acids is 1. The van der Waals surface area contributed by atoms with Gasteiger partial charge in [0.05, 0.1) is 11.4 Å². The molecular formula is C13H10ClFN2O. The molecule has 1 aromatic heterocycles. The van der Waals surface area contributed by atoms with Gasteiger partial charge in [-0.05, 0) is 37.3 Å². The van der Waals surface area contributed by atoms with Crippen molar-refractivity contribution in [3.63, 3.8) is 0 Å². The summed E-state index contributed by atoms with van der Waals surface area (Å²) in [7, 11) is 0. The summed E-state index contributed by atoms with van der Waals surface area (Å²) in [6.07, 6.45) is 0. The molecule has 0 fully saturated rings. The maximum Gasteiger partial charge on any atom is 0.255 e. The monoisotopic (exact) mass is 264 g/mol. The molecule has 2 rings (SSSR count). The first-order valence-corrected chi connectivity index (χ1v) is 5.64. The van der Waals surface area contributed by atoms with Crippen LogP contribution in [0.4, 0.5) is 10.1 Å². The maximum absolute atomic E-state index is 13.0. The Morgan fingerprint density at radius 3 is 2.78 bits per heavy atom. The number of hydrogen-bond acceptors (Lipinski definition) is 2. The van der Waals surface area contributed by atoms with Crippen molar-refractivity contribution in [2.75, 3.05) is 5.32 Å². The van der Waals surface area contributed by atoms with E-state index >= 15 is 0 Å². The molecule has 0 atom stereocenters. The number of benzene rings is 1. The quantitative estimate of drug-likeness (QED) is 0.845. The molecule has 1 amide bonds. The van der Waals surface area contributed by atoms with Crippen molar-refractivity contribution >= 4 is 23.2 Å². The van der Waals surface area contributed by atoms with Crippen molar-refractivity contribution in [2.24, 2.45) is 0 Å². The van der Waals surface area contributed by atoms with Crippen molar-refractivity contribution in [1.82, 2.24) is 4.98 Å². The fourth-order valence-electron chi connectivity index (χ4n) is 1.49. The van der Waals surface area contributed by atoms with Gasteiger partial charge in [-0.3, -0.25) is 4.79 Å². The Kier molecular flexibility index (Phi) is 3.58. The Morgan fingerprint density at radius 2 is 2.11 bits per heavy atom. The average molecular weight is 265 g/mol. The lowest BCUT2D eigenvalue weighted by Crippen LogP contribution is -2.13. The number of rotatable bonds is 2. The zero-order chi connectivity index (χ0) is 13.1. The van der Waals surface area contributed by atoms with Gasteiger partial charge in [0.15, 0.2) is 0 Å². The van der Waals surface area contributed by atoms with Crippen LogP contribution in [-0.2, 0) is 0 Å². The third-order valence-corrected chi connectivity index (χ3v) is 2.60. The van der Waals surface area contributed by atoms with E-state index in [9.17, 15) is 9.18 Å². The number of aryl methyl sites for hydroxylation is 1. The average Bonchev–Trinajstić information content (AvgIpc) is 2.32. The zero-order valence-corrected chi connectivity index (χ0v) is 10.3. The van der Waals surface area contributed by atoms with Crippen LogP contribution < -0.4 is 5.32 Å². The first-order valence-electron chi connectivity index (χ1n) is 5.26. The fourth-order valence-corrected chi connectivity index (χ4v) is 1.68. The highest BCUT2D eigenvalue weighted by molar-refractivity contribution is 6.29. The second kappa shape index (κ2) is 5.14. The highest BCUT2D eigenvalue weighted by Gasteiger charge is 2.09. The van der Waals surface area contributed by atoms with E-state index in [2.05, 4.69) is 10.3 Å². The summed E-state index contributed by atoms with van der Waals surface area (Å²) in [4.78, 5) is 15.9. The Labute approximate surface area is 109 Å². The summed E-state index contributed by atoms with van der Waals surface area (Å²) >= 11 is 5.72. The molecule has 0 aliphatic rings. The number of halogens is 2. The predicted molar refractivity (Wildman–Crippen MR) is 68.3 cm³/mol. The molecule has 1 N–H and O–H groups in total. The first-order chi connectivity index (χ1) is 8.56. The van der Waals surface area contributed by atoms with E-state index in [0.717, 1.165) is 0 Å². The van der Waals surface area contributed by atoms with Crippen LogP contribution in [0.25, 0.3) is 0 Å². The van der Waals surface area contributed by atoms with Gasteiger partial charge < -0.3 is 5.32 Å². The molecule has 5 heteroatoms. The summed E-state index contributed by atoms with van der Waals surface area (Å²) < 4.78 is 13.0. The van der Waals surface area contributed by atoms with Crippen LogP contribution in [-0.4, -0.2) is 10.9 Å². The van der Waals surface area contributed by atoms with Crippen LogP contribution in [0.3, 0.4) is 0 Å². The van der Waals surface area contributed by atoms with Crippen LogP contribution in [0.15, 0.2) is 36.4 Å². The Balaban J connectivity index is 2.21. The van der Waals surface area contributed by atoms with E-state index in [-0.39, 0.29) is 11.5 Å². The third-order valence-electron chi connectivity index (χ3n) is 2.39. The molecule has 0 bridgehead atoms. The van der Waals surface area contributed by atoms with Crippen molar-refractivity contribution in [3.05, 3.63) is 58.6 Å². The largest absolute Gasteiger partial charge is 0.320 e. The Hall–Kier alpha value is -1.94. The maximum atomic E-state index is 13.0. The van der Waals surface area contributed by atoms with Gasteiger partial charge in [0.1, 0.15) is 11.0 Å². The van der Waals surface area contributed by atoms with Crippen LogP contribution in [0.2, 0.25) is 5.15 Å². The lowest BCUT2D eigenvalue weighted by atomic mass is 10.2. The molecule has 1 heterocycles. The number of hydrogen-bond donors (Lipinski definition) is 1. The van der Waals surface area contributed by atoms with E-state index in [1.165, 1.54) is 24.3 Å².